The van der Waals surface area contributed by atoms with Gasteiger partial charge in [-0.05, 0) is 30.9 Å². The SMILES string of the molecule is COc1ccc2c3c1O[C@H]1C(=O)CCC45C[C@]31[C@]4(O)[C@@H](C2)N5. The number of benzene rings is 1. The van der Waals surface area contributed by atoms with Gasteiger partial charge in [0.25, 0.3) is 0 Å². The Morgan fingerprint density at radius 2 is 2.32 bits per heavy atom. The zero-order valence-corrected chi connectivity index (χ0v) is 12.3. The van der Waals surface area contributed by atoms with Crippen molar-refractivity contribution in [1.82, 2.24) is 5.32 Å². The molecular formula is C17H17NO4. The van der Waals surface area contributed by atoms with Gasteiger partial charge in [0.1, 0.15) is 5.60 Å². The molecule has 1 aromatic carbocycles. The molecule has 2 N–H and O–H groups in total. The molecule has 3 saturated carbocycles. The van der Waals surface area contributed by atoms with Crippen molar-refractivity contribution >= 4 is 5.78 Å². The number of methoxy groups -OCH3 is 1. The fourth-order valence-electron chi connectivity index (χ4n) is 6.27. The van der Waals surface area contributed by atoms with Gasteiger partial charge in [-0.2, -0.15) is 0 Å². The molecule has 6 aliphatic rings. The second-order valence-electron chi connectivity index (χ2n) is 7.49. The van der Waals surface area contributed by atoms with Crippen molar-refractivity contribution in [3.8, 4) is 11.5 Å². The molecule has 0 radical (unpaired) electrons. The second kappa shape index (κ2) is 3.05. The van der Waals surface area contributed by atoms with E-state index in [0.717, 1.165) is 24.8 Å². The van der Waals surface area contributed by atoms with E-state index in [1.165, 1.54) is 5.56 Å². The van der Waals surface area contributed by atoms with E-state index in [1.807, 2.05) is 6.07 Å². The Kier molecular flexibility index (Phi) is 1.65. The number of fused-ring (bicyclic) bond motifs is 2. The van der Waals surface area contributed by atoms with Crippen LogP contribution in [0.25, 0.3) is 0 Å². The molecule has 2 heterocycles. The summed E-state index contributed by atoms with van der Waals surface area (Å²) < 4.78 is 11.6. The number of piperidine rings is 1. The number of carbonyl (C=O) groups is 1. The van der Waals surface area contributed by atoms with Crippen molar-refractivity contribution in [1.29, 1.82) is 0 Å². The average Bonchev–Trinajstić information content (AvgIpc) is 2.77. The van der Waals surface area contributed by atoms with Crippen LogP contribution in [0.5, 0.6) is 11.5 Å². The normalized spacial score (nSPS) is 48.5. The van der Waals surface area contributed by atoms with Crippen LogP contribution in [0.3, 0.4) is 0 Å². The first kappa shape index (κ1) is 11.9. The van der Waals surface area contributed by atoms with E-state index >= 15 is 0 Å². The summed E-state index contributed by atoms with van der Waals surface area (Å²) in [5.74, 6) is 1.47. The quantitative estimate of drug-likeness (QED) is 0.788. The Morgan fingerprint density at radius 1 is 1.45 bits per heavy atom. The third-order valence-corrected chi connectivity index (χ3v) is 7.02. The van der Waals surface area contributed by atoms with Crippen LogP contribution in [0.2, 0.25) is 0 Å². The van der Waals surface area contributed by atoms with Crippen molar-refractivity contribution in [2.45, 2.75) is 54.4 Å². The van der Waals surface area contributed by atoms with E-state index in [2.05, 4.69) is 11.4 Å². The maximum Gasteiger partial charge on any atom is 0.174 e. The minimum atomic E-state index is -0.846. The maximum atomic E-state index is 12.7. The highest BCUT2D eigenvalue weighted by Crippen LogP contribution is 2.75. The Balaban J connectivity index is 1.72. The Hall–Kier alpha value is -1.59. The van der Waals surface area contributed by atoms with Crippen molar-refractivity contribution < 1.29 is 19.4 Å². The molecule has 4 fully saturated rings. The fourth-order valence-corrected chi connectivity index (χ4v) is 6.27. The first-order valence-corrected chi connectivity index (χ1v) is 7.97. The number of aliphatic hydroxyl groups is 1. The van der Waals surface area contributed by atoms with Crippen LogP contribution >= 0.6 is 0 Å². The van der Waals surface area contributed by atoms with Gasteiger partial charge in [-0.15, -0.1) is 0 Å². The van der Waals surface area contributed by atoms with E-state index in [1.54, 1.807) is 7.11 Å². The monoisotopic (exact) mass is 299 g/mol. The summed E-state index contributed by atoms with van der Waals surface area (Å²) in [6, 6.07) is 4.01. The summed E-state index contributed by atoms with van der Waals surface area (Å²) in [6.07, 6.45) is 2.21. The van der Waals surface area contributed by atoms with E-state index in [0.29, 0.717) is 17.9 Å². The van der Waals surface area contributed by atoms with Crippen LogP contribution in [0.4, 0.5) is 0 Å². The molecule has 5 heteroatoms. The summed E-state index contributed by atoms with van der Waals surface area (Å²) in [7, 11) is 1.62. The Morgan fingerprint density at radius 3 is 3.14 bits per heavy atom. The number of hydrogen-bond donors (Lipinski definition) is 2. The zero-order valence-electron chi connectivity index (χ0n) is 12.3. The molecule has 1 unspecified atom stereocenters. The van der Waals surface area contributed by atoms with Gasteiger partial charge in [-0.25, -0.2) is 0 Å². The van der Waals surface area contributed by atoms with Crippen LogP contribution in [-0.4, -0.2) is 41.3 Å². The standard InChI is InChI=1S/C17H17NO4/c1-21-10-3-2-8-6-11-17(20)15(18-11)5-4-9(19)14-16(17,7-15)12(8)13(10)22-14/h2-3,11,14,18,20H,4-7H2,1H3/t11-,14+,15?,16+,17+/m1/s1. The molecule has 7 rings (SSSR count). The molecule has 22 heavy (non-hydrogen) atoms. The number of carbonyl (C=O) groups excluding carboxylic acids is 1. The zero-order chi connectivity index (χ0) is 14.9. The van der Waals surface area contributed by atoms with Gasteiger partial charge in [-0.3, -0.25) is 4.79 Å². The van der Waals surface area contributed by atoms with E-state index in [-0.39, 0.29) is 17.4 Å². The molecule has 2 bridgehead atoms. The number of ether oxygens (including phenoxy) is 2. The molecule has 4 aliphatic carbocycles. The molecule has 0 amide bonds. The molecule has 1 saturated heterocycles. The lowest BCUT2D eigenvalue weighted by atomic mass is 9.34. The highest BCUT2D eigenvalue weighted by Gasteiger charge is 2.89. The van der Waals surface area contributed by atoms with Crippen molar-refractivity contribution in [3.05, 3.63) is 23.3 Å². The number of Topliss-reactive ketones (excluding diaryl/α,β-unsaturated/α-hetero) is 1. The number of nitrogens with one attached hydrogen (secondary N) is 1. The Bertz CT molecular complexity index is 776. The molecular weight excluding hydrogens is 282 g/mol. The minimum Gasteiger partial charge on any atom is -0.493 e. The van der Waals surface area contributed by atoms with Gasteiger partial charge in [0.15, 0.2) is 23.4 Å². The van der Waals surface area contributed by atoms with Gasteiger partial charge >= 0.3 is 0 Å². The smallest absolute Gasteiger partial charge is 0.174 e. The summed E-state index contributed by atoms with van der Waals surface area (Å²) in [4.78, 5) is 12.7. The minimum absolute atomic E-state index is 0.0325. The summed E-state index contributed by atoms with van der Waals surface area (Å²) in [6.45, 7) is 0. The highest BCUT2D eigenvalue weighted by molar-refractivity contribution is 5.91. The maximum absolute atomic E-state index is 12.7. The number of rotatable bonds is 1. The predicted octanol–water partition coefficient (Wildman–Crippen LogP) is 0.458. The lowest BCUT2D eigenvalue weighted by molar-refractivity contribution is -0.298. The highest BCUT2D eigenvalue weighted by atomic mass is 16.5. The Labute approximate surface area is 127 Å². The molecule has 2 spiro atoms. The van der Waals surface area contributed by atoms with Crippen LogP contribution in [0, 0.1) is 0 Å². The van der Waals surface area contributed by atoms with Gasteiger partial charge in [0.05, 0.1) is 18.1 Å². The average molecular weight is 299 g/mol. The van der Waals surface area contributed by atoms with Gasteiger partial charge < -0.3 is 19.9 Å². The van der Waals surface area contributed by atoms with Gasteiger partial charge in [0.2, 0.25) is 0 Å². The van der Waals surface area contributed by atoms with Crippen LogP contribution in [0.15, 0.2) is 12.1 Å². The molecule has 114 valence electrons. The van der Waals surface area contributed by atoms with Crippen molar-refractivity contribution in [2.24, 2.45) is 0 Å². The van der Waals surface area contributed by atoms with E-state index in [4.69, 9.17) is 9.47 Å². The molecule has 5 atom stereocenters. The molecule has 0 aromatic heterocycles. The lowest BCUT2D eigenvalue weighted by Gasteiger charge is -2.79. The van der Waals surface area contributed by atoms with Crippen LogP contribution < -0.4 is 14.8 Å². The lowest BCUT2D eigenvalue weighted by Crippen LogP contribution is -2.99. The molecule has 1 aromatic rings. The summed E-state index contributed by atoms with van der Waals surface area (Å²) in [5.41, 5.74) is 0.537. The van der Waals surface area contributed by atoms with E-state index < -0.39 is 17.1 Å². The largest absolute Gasteiger partial charge is 0.493 e. The summed E-state index contributed by atoms with van der Waals surface area (Å²) >= 11 is 0. The van der Waals surface area contributed by atoms with Gasteiger partial charge in [-0.1, -0.05) is 6.07 Å². The van der Waals surface area contributed by atoms with E-state index in [9.17, 15) is 9.90 Å². The van der Waals surface area contributed by atoms with Crippen LogP contribution in [-0.2, 0) is 16.6 Å². The van der Waals surface area contributed by atoms with Crippen LogP contribution in [0.1, 0.15) is 30.4 Å². The molecule has 5 nitrogen and oxygen atoms in total. The number of hydrogen-bond acceptors (Lipinski definition) is 5. The first-order chi connectivity index (χ1) is 10.6. The topological polar surface area (TPSA) is 67.8 Å². The van der Waals surface area contributed by atoms with Crippen molar-refractivity contribution in [2.75, 3.05) is 7.11 Å². The van der Waals surface area contributed by atoms with Crippen molar-refractivity contribution in [3.63, 3.8) is 0 Å². The third kappa shape index (κ3) is 0.822. The fraction of sp³-hybridized carbons (Fsp3) is 0.588. The van der Waals surface area contributed by atoms with Gasteiger partial charge in [0, 0.05) is 18.0 Å². The second-order valence-corrected chi connectivity index (χ2v) is 7.49. The molecule has 2 aliphatic heterocycles. The predicted molar refractivity (Wildman–Crippen MR) is 76.3 cm³/mol. The third-order valence-electron chi connectivity index (χ3n) is 7.02. The summed E-state index contributed by atoms with van der Waals surface area (Å²) in [5, 5.41) is 15.2. The first-order valence-electron chi connectivity index (χ1n) is 7.97. The number of ketones is 1.